The van der Waals surface area contributed by atoms with Crippen LogP contribution in [-0.2, 0) is 20.4 Å². The van der Waals surface area contributed by atoms with Crippen molar-refractivity contribution in [1.29, 1.82) is 0 Å². The summed E-state index contributed by atoms with van der Waals surface area (Å²) in [5.41, 5.74) is 0.203. The SMILES string of the molecule is C[C@H](C[C@@H]1CC[C@H]([C@@H](C)C(=O)N2CCN(CC3CCCO3)CC2)O1)n1cc(C#Cc2ccc(C(F)(F)F)cc2)nn1. The summed E-state index contributed by atoms with van der Waals surface area (Å²) in [7, 11) is 0. The van der Waals surface area contributed by atoms with E-state index in [1.165, 1.54) is 12.1 Å². The van der Waals surface area contributed by atoms with Crippen LogP contribution in [0.2, 0.25) is 0 Å². The average molecular weight is 574 g/mol. The molecule has 3 aliphatic heterocycles. The first-order chi connectivity index (χ1) is 19.7. The minimum atomic E-state index is -4.37. The number of amides is 1. The molecular weight excluding hydrogens is 535 g/mol. The van der Waals surface area contributed by atoms with Gasteiger partial charge in [0.25, 0.3) is 0 Å². The molecular formula is C30H38F3N5O3. The van der Waals surface area contributed by atoms with Crippen LogP contribution < -0.4 is 0 Å². The van der Waals surface area contributed by atoms with Gasteiger partial charge in [0.15, 0.2) is 5.69 Å². The quantitative estimate of drug-likeness (QED) is 0.464. The monoisotopic (exact) mass is 573 g/mol. The zero-order chi connectivity index (χ0) is 29.0. The molecule has 41 heavy (non-hydrogen) atoms. The Kier molecular flexibility index (Phi) is 9.32. The van der Waals surface area contributed by atoms with Crippen molar-refractivity contribution in [2.45, 2.75) is 76.5 Å². The summed E-state index contributed by atoms with van der Waals surface area (Å²) in [6, 6.07) is 4.72. The Hall–Kier alpha value is -2.94. The van der Waals surface area contributed by atoms with E-state index >= 15 is 0 Å². The number of hydrogen-bond donors (Lipinski definition) is 0. The fourth-order valence-electron chi connectivity index (χ4n) is 5.87. The van der Waals surface area contributed by atoms with Gasteiger partial charge >= 0.3 is 6.18 Å². The molecule has 3 aliphatic rings. The molecule has 5 atom stereocenters. The van der Waals surface area contributed by atoms with Crippen molar-refractivity contribution in [2.75, 3.05) is 39.3 Å². The number of carbonyl (C=O) groups is 1. The number of ether oxygens (including phenoxy) is 2. The number of hydrogen-bond acceptors (Lipinski definition) is 6. The number of carbonyl (C=O) groups excluding carboxylic acids is 1. The molecule has 0 spiro atoms. The topological polar surface area (TPSA) is 72.7 Å². The van der Waals surface area contributed by atoms with Crippen molar-refractivity contribution in [1.82, 2.24) is 24.8 Å². The van der Waals surface area contributed by atoms with Gasteiger partial charge in [-0.05, 0) is 69.2 Å². The predicted molar refractivity (Wildman–Crippen MR) is 146 cm³/mol. The third-order valence-electron chi connectivity index (χ3n) is 8.37. The van der Waals surface area contributed by atoms with Gasteiger partial charge in [-0.25, -0.2) is 4.68 Å². The second kappa shape index (κ2) is 12.9. The molecule has 0 aliphatic carbocycles. The zero-order valence-electron chi connectivity index (χ0n) is 23.6. The highest BCUT2D eigenvalue weighted by Crippen LogP contribution is 2.31. The van der Waals surface area contributed by atoms with Crippen LogP contribution in [0.4, 0.5) is 13.2 Å². The van der Waals surface area contributed by atoms with Crippen LogP contribution in [0.5, 0.6) is 0 Å². The van der Waals surface area contributed by atoms with E-state index in [1.54, 1.807) is 10.9 Å². The molecule has 1 amide bonds. The summed E-state index contributed by atoms with van der Waals surface area (Å²) in [4.78, 5) is 17.6. The van der Waals surface area contributed by atoms with Crippen molar-refractivity contribution in [3.05, 3.63) is 47.3 Å². The van der Waals surface area contributed by atoms with Gasteiger partial charge in [-0.2, -0.15) is 13.2 Å². The van der Waals surface area contributed by atoms with Gasteiger partial charge in [0.1, 0.15) is 0 Å². The third-order valence-corrected chi connectivity index (χ3v) is 8.37. The molecule has 4 heterocycles. The number of nitrogens with zero attached hydrogens (tertiary/aromatic N) is 5. The van der Waals surface area contributed by atoms with E-state index in [1.807, 2.05) is 18.7 Å². The van der Waals surface area contributed by atoms with E-state index in [0.717, 1.165) is 83.6 Å². The lowest BCUT2D eigenvalue weighted by atomic mass is 9.99. The number of rotatable bonds is 7. The van der Waals surface area contributed by atoms with Crippen molar-refractivity contribution in [3.63, 3.8) is 0 Å². The number of benzene rings is 1. The van der Waals surface area contributed by atoms with Crippen LogP contribution in [0.3, 0.4) is 0 Å². The normalized spacial score (nSPS) is 25.1. The zero-order valence-corrected chi connectivity index (χ0v) is 23.6. The summed E-state index contributed by atoms with van der Waals surface area (Å²) < 4.78 is 52.1. The van der Waals surface area contributed by atoms with Crippen molar-refractivity contribution in [3.8, 4) is 11.8 Å². The number of piperazine rings is 1. The van der Waals surface area contributed by atoms with E-state index in [0.29, 0.717) is 17.4 Å². The molecule has 11 heteroatoms. The summed E-state index contributed by atoms with van der Waals surface area (Å²) in [6.07, 6.45) is 2.38. The smallest absolute Gasteiger partial charge is 0.377 e. The van der Waals surface area contributed by atoms with Gasteiger partial charge in [-0.3, -0.25) is 9.69 Å². The lowest BCUT2D eigenvalue weighted by Gasteiger charge is -2.37. The first-order valence-electron chi connectivity index (χ1n) is 14.5. The first-order valence-corrected chi connectivity index (χ1v) is 14.5. The average Bonchev–Trinajstić information content (AvgIpc) is 3.74. The maximum Gasteiger partial charge on any atom is 0.416 e. The van der Waals surface area contributed by atoms with Gasteiger partial charge in [0.05, 0.1) is 42.0 Å². The Morgan fingerprint density at radius 2 is 1.80 bits per heavy atom. The van der Waals surface area contributed by atoms with Gasteiger partial charge in [-0.1, -0.05) is 18.1 Å². The molecule has 3 saturated heterocycles. The minimum Gasteiger partial charge on any atom is -0.377 e. The predicted octanol–water partition coefficient (Wildman–Crippen LogP) is 4.15. The minimum absolute atomic E-state index is 0.0100. The van der Waals surface area contributed by atoms with E-state index in [-0.39, 0.29) is 30.1 Å². The number of halogens is 3. The molecule has 2 aromatic rings. The van der Waals surface area contributed by atoms with Crippen LogP contribution >= 0.6 is 0 Å². The first kappa shape index (κ1) is 29.5. The standard InChI is InChI=1S/C30H38F3N5O3/c1-21(38-19-25(34-35-38)10-7-23-5-8-24(9-6-23)30(31,32)33)18-26-11-12-28(41-26)22(2)29(39)37-15-13-36(14-16-37)20-27-4-3-17-40-27/h5-6,8-9,19,21-22,26-28H,3-4,11-18,20H2,1-2H3/t21-,22-,26+,27?,28-/m1/s1. The fraction of sp³-hybridized carbons (Fsp3) is 0.633. The maximum atomic E-state index is 13.2. The van der Waals surface area contributed by atoms with Crippen molar-refractivity contribution < 1.29 is 27.4 Å². The molecule has 222 valence electrons. The molecule has 1 unspecified atom stereocenters. The molecule has 0 saturated carbocycles. The molecule has 0 radical (unpaired) electrons. The largest absolute Gasteiger partial charge is 0.416 e. The van der Waals surface area contributed by atoms with E-state index in [2.05, 4.69) is 27.1 Å². The number of alkyl halides is 3. The van der Waals surface area contributed by atoms with Crippen LogP contribution in [-0.4, -0.2) is 88.3 Å². The molecule has 1 aromatic carbocycles. The molecule has 3 fully saturated rings. The highest BCUT2D eigenvalue weighted by molar-refractivity contribution is 5.79. The lowest BCUT2D eigenvalue weighted by molar-refractivity contribution is -0.142. The Balaban J connectivity index is 1.07. The summed E-state index contributed by atoms with van der Waals surface area (Å²) >= 11 is 0. The Morgan fingerprint density at radius 3 is 2.49 bits per heavy atom. The second-order valence-electron chi connectivity index (χ2n) is 11.4. The van der Waals surface area contributed by atoms with E-state index in [9.17, 15) is 18.0 Å². The fourth-order valence-corrected chi connectivity index (χ4v) is 5.87. The van der Waals surface area contributed by atoms with Gasteiger partial charge < -0.3 is 14.4 Å². The van der Waals surface area contributed by atoms with Crippen LogP contribution in [0.15, 0.2) is 30.5 Å². The molecule has 5 rings (SSSR count). The van der Waals surface area contributed by atoms with Crippen molar-refractivity contribution in [2.24, 2.45) is 5.92 Å². The van der Waals surface area contributed by atoms with Crippen LogP contribution in [0.1, 0.15) is 68.8 Å². The second-order valence-corrected chi connectivity index (χ2v) is 11.4. The third kappa shape index (κ3) is 7.67. The van der Waals surface area contributed by atoms with E-state index < -0.39 is 11.7 Å². The highest BCUT2D eigenvalue weighted by atomic mass is 19.4. The Bertz CT molecular complexity index is 1220. The lowest BCUT2D eigenvalue weighted by Crippen LogP contribution is -2.52. The van der Waals surface area contributed by atoms with Crippen LogP contribution in [0, 0.1) is 17.8 Å². The maximum absolute atomic E-state index is 13.2. The summed E-state index contributed by atoms with van der Waals surface area (Å²) in [5, 5.41) is 8.28. The van der Waals surface area contributed by atoms with Gasteiger partial charge in [-0.15, -0.1) is 5.10 Å². The van der Waals surface area contributed by atoms with Gasteiger partial charge in [0.2, 0.25) is 5.91 Å². The van der Waals surface area contributed by atoms with E-state index in [4.69, 9.17) is 9.47 Å². The van der Waals surface area contributed by atoms with Crippen molar-refractivity contribution >= 4 is 5.91 Å². The molecule has 1 aromatic heterocycles. The highest BCUT2D eigenvalue weighted by Gasteiger charge is 2.36. The Morgan fingerprint density at radius 1 is 1.05 bits per heavy atom. The number of aromatic nitrogens is 3. The molecule has 0 N–H and O–H groups in total. The summed E-state index contributed by atoms with van der Waals surface area (Å²) in [6.45, 7) is 9.11. The van der Waals surface area contributed by atoms with Crippen LogP contribution in [0.25, 0.3) is 0 Å². The molecule has 8 nitrogen and oxygen atoms in total. The summed E-state index contributed by atoms with van der Waals surface area (Å²) in [5.74, 6) is 5.70. The van der Waals surface area contributed by atoms with Gasteiger partial charge in [0, 0.05) is 44.9 Å². The Labute approximate surface area is 239 Å². The molecule has 0 bridgehead atoms.